The van der Waals surface area contributed by atoms with Crippen LogP contribution < -0.4 is 0 Å². The predicted molar refractivity (Wildman–Crippen MR) is 52.2 cm³/mol. The summed E-state index contributed by atoms with van der Waals surface area (Å²) in [5, 5.41) is 4.20. The van der Waals surface area contributed by atoms with Crippen LogP contribution in [0.3, 0.4) is 0 Å². The van der Waals surface area contributed by atoms with E-state index >= 15 is 0 Å². The molecule has 1 aliphatic heterocycles. The van der Waals surface area contributed by atoms with Crippen molar-refractivity contribution in [2.24, 2.45) is 0 Å². The SMILES string of the molecule is C#CCOC1CC[N-]CC1.CC.[Y]. The van der Waals surface area contributed by atoms with Crippen LogP contribution in [-0.4, -0.2) is 25.8 Å². The van der Waals surface area contributed by atoms with Gasteiger partial charge in [-0.25, -0.2) is 0 Å². The molecule has 1 heterocycles. The van der Waals surface area contributed by atoms with Gasteiger partial charge in [0.2, 0.25) is 0 Å². The molecule has 2 nitrogen and oxygen atoms in total. The van der Waals surface area contributed by atoms with Crippen LogP contribution >= 0.6 is 0 Å². The van der Waals surface area contributed by atoms with Crippen LogP contribution in [0, 0.1) is 12.3 Å². The van der Waals surface area contributed by atoms with Gasteiger partial charge in [0.1, 0.15) is 6.61 Å². The summed E-state index contributed by atoms with van der Waals surface area (Å²) >= 11 is 0. The molecule has 0 aromatic rings. The normalized spacial score (nSPS) is 16.1. The number of hydrogen-bond acceptors (Lipinski definition) is 1. The third kappa shape index (κ3) is 8.90. The Bertz CT molecular complexity index is 127. The molecule has 1 saturated heterocycles. The summed E-state index contributed by atoms with van der Waals surface area (Å²) in [5.74, 6) is 2.46. The van der Waals surface area contributed by atoms with E-state index in [1.54, 1.807) is 0 Å². The van der Waals surface area contributed by atoms with Crippen molar-refractivity contribution in [1.82, 2.24) is 0 Å². The van der Waals surface area contributed by atoms with E-state index in [0.29, 0.717) is 12.7 Å². The second kappa shape index (κ2) is 12.6. The minimum absolute atomic E-state index is 0. The minimum atomic E-state index is 0. The monoisotopic (exact) mass is 257 g/mol. The largest absolute Gasteiger partial charge is 0.662 e. The maximum Gasteiger partial charge on any atom is 0.107 e. The fourth-order valence-corrected chi connectivity index (χ4v) is 1.06. The third-order valence-corrected chi connectivity index (χ3v) is 1.62. The molecule has 1 radical (unpaired) electrons. The van der Waals surface area contributed by atoms with Crippen LogP contribution in [0.4, 0.5) is 0 Å². The van der Waals surface area contributed by atoms with Gasteiger partial charge in [-0.2, -0.15) is 0 Å². The van der Waals surface area contributed by atoms with Gasteiger partial charge in [0, 0.05) is 32.7 Å². The van der Waals surface area contributed by atoms with E-state index in [9.17, 15) is 0 Å². The molecular formula is C10H18NOY-. The molecule has 0 N–H and O–H groups in total. The smallest absolute Gasteiger partial charge is 0.107 e. The molecule has 73 valence electrons. The third-order valence-electron chi connectivity index (χ3n) is 1.62. The molecule has 0 aromatic heterocycles. The zero-order valence-corrected chi connectivity index (χ0v) is 11.5. The Labute approximate surface area is 107 Å². The first-order valence-corrected chi connectivity index (χ1v) is 4.62. The molecule has 0 amide bonds. The molecule has 3 heteroatoms. The molecule has 13 heavy (non-hydrogen) atoms. The van der Waals surface area contributed by atoms with Crippen LogP contribution in [0.15, 0.2) is 0 Å². The number of rotatable bonds is 2. The van der Waals surface area contributed by atoms with E-state index in [4.69, 9.17) is 11.2 Å². The summed E-state index contributed by atoms with van der Waals surface area (Å²) in [6, 6.07) is 0. The zero-order chi connectivity index (χ0) is 9.23. The van der Waals surface area contributed by atoms with Gasteiger partial charge >= 0.3 is 0 Å². The molecule has 0 bridgehead atoms. The number of hydrogen-bond donors (Lipinski definition) is 0. The number of terminal acetylenes is 1. The van der Waals surface area contributed by atoms with Gasteiger partial charge in [0.05, 0.1) is 6.10 Å². The fraction of sp³-hybridized carbons (Fsp3) is 0.800. The van der Waals surface area contributed by atoms with Crippen LogP contribution in [0.5, 0.6) is 0 Å². The minimum Gasteiger partial charge on any atom is -0.662 e. The van der Waals surface area contributed by atoms with Crippen molar-refractivity contribution in [1.29, 1.82) is 0 Å². The van der Waals surface area contributed by atoms with Crippen LogP contribution in [-0.2, 0) is 37.4 Å². The van der Waals surface area contributed by atoms with Crippen molar-refractivity contribution in [2.75, 3.05) is 19.7 Å². The second-order valence-corrected chi connectivity index (χ2v) is 2.39. The van der Waals surface area contributed by atoms with Crippen LogP contribution in [0.1, 0.15) is 26.7 Å². The molecule has 0 aliphatic carbocycles. The van der Waals surface area contributed by atoms with E-state index in [-0.39, 0.29) is 32.7 Å². The Hall–Kier alpha value is 0.584. The molecule has 0 aromatic carbocycles. The first kappa shape index (κ1) is 16.0. The second-order valence-electron chi connectivity index (χ2n) is 2.39. The van der Waals surface area contributed by atoms with Crippen molar-refractivity contribution >= 4 is 0 Å². The van der Waals surface area contributed by atoms with Crippen molar-refractivity contribution < 1.29 is 37.4 Å². The quantitative estimate of drug-likeness (QED) is 0.695. The van der Waals surface area contributed by atoms with E-state index in [1.807, 2.05) is 13.8 Å². The summed E-state index contributed by atoms with van der Waals surface area (Å²) in [5.41, 5.74) is 0. The molecule has 0 saturated carbocycles. The fourth-order valence-electron chi connectivity index (χ4n) is 1.06. The van der Waals surface area contributed by atoms with Crippen LogP contribution in [0.2, 0.25) is 0 Å². The summed E-state index contributed by atoms with van der Waals surface area (Å²) < 4.78 is 5.34. The van der Waals surface area contributed by atoms with Crippen molar-refractivity contribution in [3.63, 3.8) is 0 Å². The molecule has 1 aliphatic rings. The van der Waals surface area contributed by atoms with Crippen molar-refractivity contribution in [2.45, 2.75) is 32.8 Å². The standard InChI is InChI=1S/C8H12NO.C2H6.Y/c1-2-7-10-8-3-5-9-6-4-8;1-2;/h1,8H,3-7H2;1-2H3;/q-1;;. The molecule has 1 fully saturated rings. The van der Waals surface area contributed by atoms with E-state index < -0.39 is 0 Å². The van der Waals surface area contributed by atoms with Gasteiger partial charge in [0.25, 0.3) is 0 Å². The average Bonchev–Trinajstić information content (AvgIpc) is 2.19. The Balaban J connectivity index is 0. The molecule has 1 rings (SSSR count). The number of nitrogens with zero attached hydrogens (tertiary/aromatic N) is 1. The van der Waals surface area contributed by atoms with Crippen molar-refractivity contribution in [3.05, 3.63) is 5.32 Å². The Morgan fingerprint density at radius 2 is 1.92 bits per heavy atom. The van der Waals surface area contributed by atoms with Gasteiger partial charge in [-0.15, -0.1) is 19.5 Å². The summed E-state index contributed by atoms with van der Waals surface area (Å²) in [6.07, 6.45) is 7.50. The van der Waals surface area contributed by atoms with Gasteiger partial charge in [-0.3, -0.25) is 0 Å². The zero-order valence-electron chi connectivity index (χ0n) is 8.62. The number of piperidine rings is 1. The molecule has 0 unspecified atom stereocenters. The maximum atomic E-state index is 5.34. The maximum absolute atomic E-state index is 5.34. The summed E-state index contributed by atoms with van der Waals surface area (Å²) in [7, 11) is 0. The molecule has 0 spiro atoms. The van der Waals surface area contributed by atoms with E-state index in [2.05, 4.69) is 11.2 Å². The van der Waals surface area contributed by atoms with Gasteiger partial charge in [-0.1, -0.05) is 19.8 Å². The summed E-state index contributed by atoms with van der Waals surface area (Å²) in [4.78, 5) is 0. The summed E-state index contributed by atoms with van der Waals surface area (Å²) in [6.45, 7) is 6.33. The average molecular weight is 257 g/mol. The molecular weight excluding hydrogens is 239 g/mol. The first-order chi connectivity index (χ1) is 5.93. The van der Waals surface area contributed by atoms with Crippen LogP contribution in [0.25, 0.3) is 5.32 Å². The first-order valence-electron chi connectivity index (χ1n) is 4.62. The van der Waals surface area contributed by atoms with Crippen molar-refractivity contribution in [3.8, 4) is 12.3 Å². The van der Waals surface area contributed by atoms with Gasteiger partial charge in [0.15, 0.2) is 0 Å². The number of ether oxygens (including phenoxy) is 1. The Morgan fingerprint density at radius 1 is 1.38 bits per heavy atom. The predicted octanol–water partition coefficient (Wildman–Crippen LogP) is 2.20. The van der Waals surface area contributed by atoms with E-state index in [0.717, 1.165) is 25.9 Å². The Kier molecular flexibility index (Phi) is 15.5. The topological polar surface area (TPSA) is 23.3 Å². The van der Waals surface area contributed by atoms with Gasteiger partial charge in [-0.05, 0) is 12.8 Å². The van der Waals surface area contributed by atoms with Gasteiger partial charge < -0.3 is 10.1 Å². The Morgan fingerprint density at radius 3 is 2.38 bits per heavy atom. The molecule has 0 atom stereocenters. The van der Waals surface area contributed by atoms with E-state index in [1.165, 1.54) is 0 Å².